The average molecular weight is 253 g/mol. The van der Waals surface area contributed by atoms with Crippen molar-refractivity contribution in [3.05, 3.63) is 51.4 Å². The van der Waals surface area contributed by atoms with E-state index in [1.807, 2.05) is 19.2 Å². The van der Waals surface area contributed by atoms with E-state index < -0.39 is 0 Å². The van der Waals surface area contributed by atoms with Crippen LogP contribution < -0.4 is 5.32 Å². The van der Waals surface area contributed by atoms with E-state index >= 15 is 0 Å². The van der Waals surface area contributed by atoms with E-state index in [0.717, 1.165) is 12.1 Å². The highest BCUT2D eigenvalue weighted by Gasteiger charge is 2.11. The van der Waals surface area contributed by atoms with Gasteiger partial charge in [-0.3, -0.25) is 4.98 Å². The van der Waals surface area contributed by atoms with Gasteiger partial charge in [0.05, 0.1) is 16.8 Å². The van der Waals surface area contributed by atoms with Gasteiger partial charge >= 0.3 is 0 Å². The number of nitrogens with one attached hydrogen (secondary N) is 1. The maximum absolute atomic E-state index is 5.82. The molecule has 0 aliphatic rings. The summed E-state index contributed by atoms with van der Waals surface area (Å²) in [6.45, 7) is 0. The highest BCUT2D eigenvalue weighted by atomic mass is 35.5. The van der Waals surface area contributed by atoms with E-state index in [9.17, 15) is 0 Å². The zero-order valence-corrected chi connectivity index (χ0v) is 10.6. The Balaban J connectivity index is 2.13. The molecule has 2 aromatic rings. The van der Waals surface area contributed by atoms with Gasteiger partial charge < -0.3 is 5.32 Å². The Morgan fingerprint density at radius 3 is 2.88 bits per heavy atom. The highest BCUT2D eigenvalue weighted by molar-refractivity contribution is 7.09. The predicted molar refractivity (Wildman–Crippen MR) is 69.1 cm³/mol. The second-order valence-corrected chi connectivity index (χ2v) is 4.99. The summed E-state index contributed by atoms with van der Waals surface area (Å²) in [4.78, 5) is 5.70. The molecule has 0 radical (unpaired) electrons. The number of hydrogen-bond acceptors (Lipinski definition) is 3. The van der Waals surface area contributed by atoms with E-state index in [0.29, 0.717) is 5.02 Å². The van der Waals surface area contributed by atoms with Crippen LogP contribution in [0.15, 0.2) is 35.8 Å². The molecule has 2 nitrogen and oxygen atoms in total. The third kappa shape index (κ3) is 2.82. The van der Waals surface area contributed by atoms with E-state index in [4.69, 9.17) is 11.6 Å². The molecule has 1 unspecified atom stereocenters. The summed E-state index contributed by atoms with van der Waals surface area (Å²) in [5, 5.41) is 6.05. The molecule has 0 amide bonds. The van der Waals surface area contributed by atoms with Crippen molar-refractivity contribution < 1.29 is 0 Å². The standard InChI is InChI=1S/C12H13ClN2S/c1-14-12(7-10-3-2-6-16-10)11-5-4-9(13)8-15-11/h2-6,8,12,14H,7H2,1H3. The summed E-state index contributed by atoms with van der Waals surface area (Å²) >= 11 is 7.59. The third-order valence-corrected chi connectivity index (χ3v) is 3.56. The van der Waals surface area contributed by atoms with E-state index in [1.54, 1.807) is 17.5 Å². The van der Waals surface area contributed by atoms with Gasteiger partial charge in [-0.15, -0.1) is 11.3 Å². The topological polar surface area (TPSA) is 24.9 Å². The molecule has 0 fully saturated rings. The average Bonchev–Trinajstić information content (AvgIpc) is 2.80. The van der Waals surface area contributed by atoms with Gasteiger partial charge in [-0.2, -0.15) is 0 Å². The molecule has 16 heavy (non-hydrogen) atoms. The Labute approximate surface area is 104 Å². The summed E-state index contributed by atoms with van der Waals surface area (Å²) in [5.74, 6) is 0. The smallest absolute Gasteiger partial charge is 0.0589 e. The molecule has 0 bridgehead atoms. The molecule has 4 heteroatoms. The van der Waals surface area contributed by atoms with Crippen molar-refractivity contribution in [3.63, 3.8) is 0 Å². The zero-order chi connectivity index (χ0) is 11.4. The first kappa shape index (κ1) is 11.6. The van der Waals surface area contributed by atoms with Gasteiger partial charge in [0, 0.05) is 17.5 Å². The molecule has 0 aromatic carbocycles. The molecule has 0 aliphatic carbocycles. The molecular weight excluding hydrogens is 240 g/mol. The zero-order valence-electron chi connectivity index (χ0n) is 8.98. The Morgan fingerprint density at radius 2 is 2.31 bits per heavy atom. The molecule has 2 aromatic heterocycles. The molecule has 0 spiro atoms. The largest absolute Gasteiger partial charge is 0.311 e. The lowest BCUT2D eigenvalue weighted by Gasteiger charge is -2.14. The van der Waals surface area contributed by atoms with Crippen LogP contribution in [0.25, 0.3) is 0 Å². The van der Waals surface area contributed by atoms with Crippen molar-refractivity contribution in [2.75, 3.05) is 7.05 Å². The fraction of sp³-hybridized carbons (Fsp3) is 0.250. The maximum atomic E-state index is 5.82. The summed E-state index contributed by atoms with van der Waals surface area (Å²) in [7, 11) is 1.95. The molecule has 1 atom stereocenters. The monoisotopic (exact) mass is 252 g/mol. The van der Waals surface area contributed by atoms with Gasteiger partial charge in [-0.05, 0) is 30.6 Å². The molecule has 1 N–H and O–H groups in total. The second-order valence-electron chi connectivity index (χ2n) is 3.53. The fourth-order valence-corrected chi connectivity index (χ4v) is 2.44. The first-order valence-corrected chi connectivity index (χ1v) is 6.36. The van der Waals surface area contributed by atoms with Crippen molar-refractivity contribution in [2.45, 2.75) is 12.5 Å². The van der Waals surface area contributed by atoms with E-state index in [-0.39, 0.29) is 6.04 Å². The molecular formula is C12H13ClN2S. The minimum Gasteiger partial charge on any atom is -0.311 e. The molecule has 0 saturated heterocycles. The summed E-state index contributed by atoms with van der Waals surface area (Å²) in [6.07, 6.45) is 2.65. The molecule has 0 aliphatic heterocycles. The number of aromatic nitrogens is 1. The lowest BCUT2D eigenvalue weighted by atomic mass is 10.1. The second kappa shape index (κ2) is 5.43. The number of pyridine rings is 1. The van der Waals surface area contributed by atoms with E-state index in [2.05, 4.69) is 27.8 Å². The maximum Gasteiger partial charge on any atom is 0.0589 e. The number of likely N-dealkylation sites (N-methyl/N-ethyl adjacent to an activating group) is 1. The summed E-state index contributed by atoms with van der Waals surface area (Å²) < 4.78 is 0. The first-order valence-electron chi connectivity index (χ1n) is 5.10. The number of hydrogen-bond donors (Lipinski definition) is 1. The van der Waals surface area contributed by atoms with Crippen LogP contribution in [0, 0.1) is 0 Å². The number of rotatable bonds is 4. The van der Waals surface area contributed by atoms with Crippen molar-refractivity contribution in [2.24, 2.45) is 0 Å². The van der Waals surface area contributed by atoms with Crippen LogP contribution in [-0.2, 0) is 6.42 Å². The predicted octanol–water partition coefficient (Wildman–Crippen LogP) is 3.30. The van der Waals surface area contributed by atoms with Crippen LogP contribution in [0.3, 0.4) is 0 Å². The van der Waals surface area contributed by atoms with Crippen LogP contribution in [0.2, 0.25) is 5.02 Å². The van der Waals surface area contributed by atoms with Crippen LogP contribution in [0.4, 0.5) is 0 Å². The summed E-state index contributed by atoms with van der Waals surface area (Å²) in [5.41, 5.74) is 1.03. The van der Waals surface area contributed by atoms with Crippen molar-refractivity contribution in [1.82, 2.24) is 10.3 Å². The highest BCUT2D eigenvalue weighted by Crippen LogP contribution is 2.20. The van der Waals surface area contributed by atoms with Crippen molar-refractivity contribution in [3.8, 4) is 0 Å². The number of thiophene rings is 1. The van der Waals surface area contributed by atoms with Gasteiger partial charge in [0.15, 0.2) is 0 Å². The fourth-order valence-electron chi connectivity index (χ4n) is 1.58. The van der Waals surface area contributed by atoms with Gasteiger partial charge in [0.2, 0.25) is 0 Å². The van der Waals surface area contributed by atoms with E-state index in [1.165, 1.54) is 4.88 Å². The van der Waals surface area contributed by atoms with Crippen LogP contribution in [0.5, 0.6) is 0 Å². The third-order valence-electron chi connectivity index (χ3n) is 2.44. The van der Waals surface area contributed by atoms with Gasteiger partial charge in [0.1, 0.15) is 0 Å². The Kier molecular flexibility index (Phi) is 3.93. The minimum absolute atomic E-state index is 0.246. The van der Waals surface area contributed by atoms with Gasteiger partial charge in [0.25, 0.3) is 0 Å². The Hall–Kier alpha value is -0.900. The van der Waals surface area contributed by atoms with Crippen molar-refractivity contribution in [1.29, 1.82) is 0 Å². The number of halogens is 1. The lowest BCUT2D eigenvalue weighted by molar-refractivity contribution is 0.580. The number of nitrogens with zero attached hydrogens (tertiary/aromatic N) is 1. The quantitative estimate of drug-likeness (QED) is 0.903. The van der Waals surface area contributed by atoms with Crippen LogP contribution >= 0.6 is 22.9 Å². The molecule has 0 saturated carbocycles. The normalized spacial score (nSPS) is 12.6. The van der Waals surface area contributed by atoms with Gasteiger partial charge in [-0.1, -0.05) is 17.7 Å². The first-order chi connectivity index (χ1) is 7.79. The SMILES string of the molecule is CNC(Cc1cccs1)c1ccc(Cl)cn1. The molecule has 2 heterocycles. The minimum atomic E-state index is 0.246. The van der Waals surface area contributed by atoms with Crippen LogP contribution in [-0.4, -0.2) is 12.0 Å². The Morgan fingerprint density at radius 1 is 1.44 bits per heavy atom. The summed E-state index contributed by atoms with van der Waals surface area (Å²) in [6, 6.07) is 8.31. The lowest BCUT2D eigenvalue weighted by Crippen LogP contribution is -2.19. The Bertz CT molecular complexity index is 425. The van der Waals surface area contributed by atoms with Crippen molar-refractivity contribution >= 4 is 22.9 Å². The van der Waals surface area contributed by atoms with Gasteiger partial charge in [-0.25, -0.2) is 0 Å². The molecule has 2 rings (SSSR count). The molecule has 84 valence electrons. The van der Waals surface area contributed by atoms with Crippen LogP contribution in [0.1, 0.15) is 16.6 Å².